The summed E-state index contributed by atoms with van der Waals surface area (Å²) >= 11 is 0. The Hall–Kier alpha value is -1.35. The first-order valence-electron chi connectivity index (χ1n) is 4.58. The Morgan fingerprint density at radius 3 is 2.50 bits per heavy atom. The second-order valence-corrected chi connectivity index (χ2v) is 4.51. The molecule has 0 aliphatic heterocycles. The smallest absolute Gasteiger partial charge is 0.248 e. The summed E-state index contributed by atoms with van der Waals surface area (Å²) in [4.78, 5) is 10.9. The lowest BCUT2D eigenvalue weighted by Gasteiger charge is -2.23. The third-order valence-electron chi connectivity index (χ3n) is 1.87. The Kier molecular flexibility index (Phi) is 2.91. The quantitative estimate of drug-likeness (QED) is 0.715. The zero-order chi connectivity index (χ0) is 10.8. The normalized spacial score (nSPS) is 11.4. The predicted molar refractivity (Wildman–Crippen MR) is 56.7 cm³/mol. The van der Waals surface area contributed by atoms with E-state index in [1.54, 1.807) is 6.07 Å². The highest BCUT2D eigenvalue weighted by Crippen LogP contribution is 2.09. The molecule has 1 aromatic rings. The third kappa shape index (κ3) is 3.18. The molecule has 0 aliphatic carbocycles. The lowest BCUT2D eigenvalue weighted by atomic mass is 10.1. The van der Waals surface area contributed by atoms with Crippen LogP contribution in [-0.2, 0) is 6.54 Å². The number of hydrogen-bond acceptors (Lipinski definition) is 1. The number of hydrogen-bond donors (Lipinski definition) is 1. The molecule has 0 aliphatic rings. The van der Waals surface area contributed by atoms with Crippen LogP contribution in [0.2, 0.25) is 0 Å². The van der Waals surface area contributed by atoms with Gasteiger partial charge in [-0.2, -0.15) is 0 Å². The van der Waals surface area contributed by atoms with Crippen molar-refractivity contribution in [1.82, 2.24) is 0 Å². The van der Waals surface area contributed by atoms with E-state index < -0.39 is 0 Å². The second-order valence-electron chi connectivity index (χ2n) is 4.51. The Labute approximate surface area is 84.7 Å². The van der Waals surface area contributed by atoms with Gasteiger partial charge in [0.25, 0.3) is 0 Å². The largest absolute Gasteiger partial charge is 0.366 e. The van der Waals surface area contributed by atoms with Crippen molar-refractivity contribution in [1.29, 1.82) is 0 Å². The fourth-order valence-electron chi connectivity index (χ4n) is 1.37. The highest BCUT2D eigenvalue weighted by Gasteiger charge is 2.09. The zero-order valence-corrected chi connectivity index (χ0v) is 8.95. The van der Waals surface area contributed by atoms with Gasteiger partial charge in [0.05, 0.1) is 21.1 Å². The molecule has 14 heavy (non-hydrogen) atoms. The molecule has 0 saturated heterocycles. The van der Waals surface area contributed by atoms with Gasteiger partial charge in [-0.1, -0.05) is 12.1 Å². The molecule has 1 amide bonds. The lowest BCUT2D eigenvalue weighted by molar-refractivity contribution is -0.884. The average Bonchev–Trinajstić information content (AvgIpc) is 2.01. The highest BCUT2D eigenvalue weighted by atomic mass is 16.1. The minimum absolute atomic E-state index is 0.367. The van der Waals surface area contributed by atoms with Crippen LogP contribution in [0.15, 0.2) is 24.3 Å². The number of quaternary nitrogens is 1. The van der Waals surface area contributed by atoms with Crippen molar-refractivity contribution in [2.75, 3.05) is 21.1 Å². The van der Waals surface area contributed by atoms with Crippen LogP contribution in [0.1, 0.15) is 15.9 Å². The van der Waals surface area contributed by atoms with Gasteiger partial charge in [0.15, 0.2) is 0 Å². The topological polar surface area (TPSA) is 43.1 Å². The number of benzene rings is 1. The summed E-state index contributed by atoms with van der Waals surface area (Å²) in [6, 6.07) is 7.47. The summed E-state index contributed by atoms with van der Waals surface area (Å²) in [7, 11) is 6.32. The van der Waals surface area contributed by atoms with Crippen molar-refractivity contribution >= 4 is 5.91 Å². The maximum Gasteiger partial charge on any atom is 0.248 e. The van der Waals surface area contributed by atoms with Gasteiger partial charge in [-0.05, 0) is 12.1 Å². The number of nitrogens with zero attached hydrogens (tertiary/aromatic N) is 1. The fraction of sp³-hybridized carbons (Fsp3) is 0.364. The van der Waals surface area contributed by atoms with Gasteiger partial charge in [-0.25, -0.2) is 0 Å². The number of amides is 1. The van der Waals surface area contributed by atoms with E-state index in [2.05, 4.69) is 21.1 Å². The molecule has 0 spiro atoms. The molecule has 1 rings (SSSR count). The maximum atomic E-state index is 10.9. The molecule has 1 aromatic carbocycles. The number of carbonyl (C=O) groups is 1. The summed E-state index contributed by atoms with van der Waals surface area (Å²) in [5, 5.41) is 0. The van der Waals surface area contributed by atoms with Gasteiger partial charge in [0, 0.05) is 11.1 Å². The van der Waals surface area contributed by atoms with Gasteiger partial charge in [-0.3, -0.25) is 4.79 Å². The van der Waals surface area contributed by atoms with E-state index in [0.717, 1.165) is 16.6 Å². The average molecular weight is 193 g/mol. The lowest BCUT2D eigenvalue weighted by Crippen LogP contribution is -2.33. The zero-order valence-electron chi connectivity index (χ0n) is 8.95. The van der Waals surface area contributed by atoms with Crippen LogP contribution in [0, 0.1) is 0 Å². The van der Waals surface area contributed by atoms with Crippen LogP contribution in [0.3, 0.4) is 0 Å². The molecule has 3 heteroatoms. The first kappa shape index (κ1) is 10.7. The van der Waals surface area contributed by atoms with E-state index >= 15 is 0 Å². The second kappa shape index (κ2) is 3.80. The molecular formula is C11H17N2O+. The van der Waals surface area contributed by atoms with Gasteiger partial charge in [0.1, 0.15) is 6.54 Å². The number of nitrogens with two attached hydrogens (primary N) is 1. The molecule has 2 N–H and O–H groups in total. The molecule has 0 radical (unpaired) electrons. The molecule has 0 aromatic heterocycles. The first-order chi connectivity index (χ1) is 6.38. The number of carbonyl (C=O) groups excluding carboxylic acids is 1. The fourth-order valence-corrected chi connectivity index (χ4v) is 1.37. The van der Waals surface area contributed by atoms with Crippen molar-refractivity contribution in [2.45, 2.75) is 6.54 Å². The van der Waals surface area contributed by atoms with E-state index in [1.807, 2.05) is 18.2 Å². The van der Waals surface area contributed by atoms with E-state index in [1.165, 1.54) is 0 Å². The summed E-state index contributed by atoms with van der Waals surface area (Å²) in [6.07, 6.45) is 0. The van der Waals surface area contributed by atoms with Gasteiger partial charge in [-0.15, -0.1) is 0 Å². The summed E-state index contributed by atoms with van der Waals surface area (Å²) in [5.41, 5.74) is 6.92. The van der Waals surface area contributed by atoms with Crippen molar-refractivity contribution in [2.24, 2.45) is 5.73 Å². The van der Waals surface area contributed by atoms with Gasteiger partial charge >= 0.3 is 0 Å². The van der Waals surface area contributed by atoms with Crippen LogP contribution in [0.4, 0.5) is 0 Å². The van der Waals surface area contributed by atoms with Crippen LogP contribution >= 0.6 is 0 Å². The van der Waals surface area contributed by atoms with Crippen LogP contribution in [0.25, 0.3) is 0 Å². The van der Waals surface area contributed by atoms with Crippen LogP contribution in [-0.4, -0.2) is 31.5 Å². The summed E-state index contributed by atoms with van der Waals surface area (Å²) in [5.74, 6) is -0.367. The Morgan fingerprint density at radius 2 is 2.00 bits per heavy atom. The Bertz CT molecular complexity index is 339. The van der Waals surface area contributed by atoms with Gasteiger partial charge in [0.2, 0.25) is 5.91 Å². The minimum Gasteiger partial charge on any atom is -0.366 e. The minimum atomic E-state index is -0.367. The van der Waals surface area contributed by atoms with E-state index in [4.69, 9.17) is 5.73 Å². The molecule has 0 fully saturated rings. The maximum absolute atomic E-state index is 10.9. The van der Waals surface area contributed by atoms with E-state index in [-0.39, 0.29) is 5.91 Å². The molecule has 76 valence electrons. The number of primary amides is 1. The predicted octanol–water partition coefficient (Wildman–Crippen LogP) is 0.992. The third-order valence-corrected chi connectivity index (χ3v) is 1.87. The van der Waals surface area contributed by atoms with Gasteiger partial charge < -0.3 is 10.2 Å². The first-order valence-corrected chi connectivity index (χ1v) is 4.58. The summed E-state index contributed by atoms with van der Waals surface area (Å²) < 4.78 is 0.836. The molecule has 0 unspecified atom stereocenters. The van der Waals surface area contributed by atoms with Crippen molar-refractivity contribution in [3.63, 3.8) is 0 Å². The van der Waals surface area contributed by atoms with Crippen molar-refractivity contribution in [3.05, 3.63) is 35.4 Å². The monoisotopic (exact) mass is 193 g/mol. The molecule has 0 heterocycles. The molecule has 0 bridgehead atoms. The van der Waals surface area contributed by atoms with E-state index in [9.17, 15) is 4.79 Å². The highest BCUT2D eigenvalue weighted by molar-refractivity contribution is 5.92. The Balaban J connectivity index is 2.89. The standard InChI is InChI=1S/C11H16N2O/c1-13(2,3)8-9-5-4-6-10(7-9)11(12)14/h4-7H,8H2,1-3H3,(H-,12,14)/p+1. The van der Waals surface area contributed by atoms with Crippen LogP contribution < -0.4 is 5.73 Å². The SMILES string of the molecule is C[N+](C)(C)Cc1cccc(C(N)=O)c1. The van der Waals surface area contributed by atoms with Crippen molar-refractivity contribution in [3.8, 4) is 0 Å². The van der Waals surface area contributed by atoms with Crippen molar-refractivity contribution < 1.29 is 9.28 Å². The summed E-state index contributed by atoms with van der Waals surface area (Å²) in [6.45, 7) is 0.890. The van der Waals surface area contributed by atoms with E-state index in [0.29, 0.717) is 5.56 Å². The molecule has 3 nitrogen and oxygen atoms in total. The molecule has 0 saturated carbocycles. The molecule has 0 atom stereocenters. The number of rotatable bonds is 3. The van der Waals surface area contributed by atoms with Crippen LogP contribution in [0.5, 0.6) is 0 Å². The molecular weight excluding hydrogens is 176 g/mol. The Morgan fingerprint density at radius 1 is 1.36 bits per heavy atom.